The molecule has 2 rings (SSSR count). The Bertz CT molecular complexity index is 608. The molecule has 0 heterocycles. The number of hydrogen-bond donors (Lipinski definition) is 0. The molecule has 0 N–H and O–H groups in total. The van der Waals surface area contributed by atoms with Gasteiger partial charge in [0.15, 0.2) is 0 Å². The molecule has 0 spiro atoms. The highest BCUT2D eigenvalue weighted by molar-refractivity contribution is 5.42. The van der Waals surface area contributed by atoms with Gasteiger partial charge in [-0.25, -0.2) is 0 Å². The van der Waals surface area contributed by atoms with Crippen LogP contribution in [0.5, 0.6) is 0 Å². The average molecular weight is 280 g/mol. The normalized spacial score (nSPS) is 15.0. The summed E-state index contributed by atoms with van der Waals surface area (Å²) in [4.78, 5) is 0. The molecule has 1 aliphatic rings. The maximum atomic E-state index is 2.44. The molecule has 0 fully saturated rings. The molecule has 0 radical (unpaired) electrons. The van der Waals surface area contributed by atoms with Gasteiger partial charge in [-0.15, -0.1) is 0 Å². The van der Waals surface area contributed by atoms with E-state index in [0.29, 0.717) is 0 Å². The number of rotatable bonds is 2. The summed E-state index contributed by atoms with van der Waals surface area (Å²) >= 11 is 0. The Hall–Kier alpha value is -1.56. The number of hydrogen-bond acceptors (Lipinski definition) is 0. The zero-order valence-electron chi connectivity index (χ0n) is 14.4. The highest BCUT2D eigenvalue weighted by Crippen LogP contribution is 2.33. The van der Waals surface area contributed by atoms with Crippen LogP contribution < -0.4 is 0 Å². The summed E-state index contributed by atoms with van der Waals surface area (Å²) in [6, 6.07) is 6.90. The summed E-state index contributed by atoms with van der Waals surface area (Å²) in [5.74, 6) is 0. The van der Waals surface area contributed by atoms with E-state index in [4.69, 9.17) is 0 Å². The summed E-state index contributed by atoms with van der Waals surface area (Å²) < 4.78 is 0. The molecule has 1 aromatic carbocycles. The fourth-order valence-corrected chi connectivity index (χ4v) is 3.14. The van der Waals surface area contributed by atoms with Crippen molar-refractivity contribution in [2.75, 3.05) is 0 Å². The third-order valence-electron chi connectivity index (χ3n) is 4.28. The maximum Gasteiger partial charge on any atom is -0.00605 e. The van der Waals surface area contributed by atoms with Gasteiger partial charge < -0.3 is 0 Å². The third-order valence-corrected chi connectivity index (χ3v) is 4.28. The Labute approximate surface area is 130 Å². The smallest absolute Gasteiger partial charge is 0.00605 e. The average Bonchev–Trinajstić information content (AvgIpc) is 2.36. The van der Waals surface area contributed by atoms with Gasteiger partial charge in [-0.1, -0.05) is 57.7 Å². The molecule has 1 aromatic rings. The minimum atomic E-state index is 1.08. The molecule has 0 bridgehead atoms. The van der Waals surface area contributed by atoms with E-state index in [0.717, 1.165) is 19.3 Å². The van der Waals surface area contributed by atoms with Gasteiger partial charge in [-0.05, 0) is 71.9 Å². The Morgan fingerprint density at radius 1 is 0.857 bits per heavy atom. The monoisotopic (exact) mass is 280 g/mol. The van der Waals surface area contributed by atoms with Gasteiger partial charge in [0, 0.05) is 0 Å². The summed E-state index contributed by atoms with van der Waals surface area (Å²) in [6.07, 6.45) is 5.81. The molecule has 0 saturated heterocycles. The summed E-state index contributed by atoms with van der Waals surface area (Å²) in [7, 11) is 0. The van der Waals surface area contributed by atoms with Crippen molar-refractivity contribution in [2.45, 2.75) is 60.8 Å². The van der Waals surface area contributed by atoms with Gasteiger partial charge in [-0.2, -0.15) is 0 Å². The number of benzene rings is 1. The van der Waals surface area contributed by atoms with Crippen molar-refractivity contribution < 1.29 is 0 Å². The maximum absolute atomic E-state index is 2.44. The Morgan fingerprint density at radius 2 is 1.48 bits per heavy atom. The van der Waals surface area contributed by atoms with E-state index in [-0.39, 0.29) is 0 Å². The Kier molecular flexibility index (Phi) is 4.88. The van der Waals surface area contributed by atoms with Crippen LogP contribution in [0.1, 0.15) is 57.2 Å². The molecule has 0 aromatic heterocycles. The molecule has 1 aliphatic carbocycles. The predicted octanol–water partition coefficient (Wildman–Crippen LogP) is 6.24. The molecular weight excluding hydrogens is 252 g/mol. The van der Waals surface area contributed by atoms with Crippen LogP contribution in [0.25, 0.3) is 0 Å². The quantitative estimate of drug-likeness (QED) is 0.562. The number of aryl methyl sites for hydroxylation is 2. The van der Waals surface area contributed by atoms with E-state index in [2.05, 4.69) is 65.8 Å². The van der Waals surface area contributed by atoms with Crippen LogP contribution in [-0.2, 0) is 6.42 Å². The summed E-state index contributed by atoms with van der Waals surface area (Å²) in [6.45, 7) is 13.3. The first kappa shape index (κ1) is 15.8. The van der Waals surface area contributed by atoms with E-state index in [1.807, 2.05) is 0 Å². The zero-order valence-corrected chi connectivity index (χ0v) is 14.4. The first-order valence-corrected chi connectivity index (χ1v) is 7.93. The van der Waals surface area contributed by atoms with Gasteiger partial charge in [0.2, 0.25) is 0 Å². The molecule has 21 heavy (non-hydrogen) atoms. The largest absolute Gasteiger partial charge is 0.0766 e. The molecule has 0 heteroatoms. The number of allylic oxidation sites excluding steroid dienone is 6. The Balaban J connectivity index is 2.33. The van der Waals surface area contributed by atoms with Crippen molar-refractivity contribution in [3.05, 3.63) is 68.8 Å². The van der Waals surface area contributed by atoms with Crippen LogP contribution in [-0.4, -0.2) is 0 Å². The zero-order chi connectivity index (χ0) is 15.6. The molecule has 0 saturated carbocycles. The molecule has 112 valence electrons. The van der Waals surface area contributed by atoms with Gasteiger partial charge in [0.25, 0.3) is 0 Å². The van der Waals surface area contributed by atoms with Crippen LogP contribution in [0.2, 0.25) is 0 Å². The van der Waals surface area contributed by atoms with E-state index in [1.165, 1.54) is 33.4 Å². The van der Waals surface area contributed by atoms with Crippen LogP contribution in [0.4, 0.5) is 0 Å². The van der Waals surface area contributed by atoms with Crippen LogP contribution in [0.15, 0.2) is 52.1 Å². The molecule has 0 aliphatic heterocycles. The predicted molar refractivity (Wildman–Crippen MR) is 93.7 cm³/mol. The van der Waals surface area contributed by atoms with Crippen LogP contribution >= 0.6 is 0 Å². The van der Waals surface area contributed by atoms with Crippen molar-refractivity contribution in [2.24, 2.45) is 0 Å². The van der Waals surface area contributed by atoms with Gasteiger partial charge in [0.1, 0.15) is 0 Å². The second kappa shape index (κ2) is 6.47. The fraction of sp³-hybridized carbons (Fsp3) is 0.429. The highest BCUT2D eigenvalue weighted by Gasteiger charge is 2.14. The van der Waals surface area contributed by atoms with Crippen LogP contribution in [0, 0.1) is 13.8 Å². The second-order valence-electron chi connectivity index (χ2n) is 6.96. The highest BCUT2D eigenvalue weighted by atomic mass is 14.2. The lowest BCUT2D eigenvalue weighted by atomic mass is 9.84. The van der Waals surface area contributed by atoms with Crippen molar-refractivity contribution in [3.8, 4) is 0 Å². The second-order valence-corrected chi connectivity index (χ2v) is 6.96. The van der Waals surface area contributed by atoms with Crippen LogP contribution in [0.3, 0.4) is 0 Å². The third kappa shape index (κ3) is 4.20. The van der Waals surface area contributed by atoms with Gasteiger partial charge in [0.05, 0.1) is 0 Å². The summed E-state index contributed by atoms with van der Waals surface area (Å²) in [5.41, 5.74) is 11.8. The Morgan fingerprint density at radius 3 is 2.00 bits per heavy atom. The lowest BCUT2D eigenvalue weighted by molar-refractivity contribution is 0.897. The van der Waals surface area contributed by atoms with E-state index in [9.17, 15) is 0 Å². The minimum Gasteiger partial charge on any atom is -0.0766 e. The topological polar surface area (TPSA) is 0 Å². The lowest BCUT2D eigenvalue weighted by Crippen LogP contribution is -2.04. The molecular formula is C21H28. The van der Waals surface area contributed by atoms with E-state index < -0.39 is 0 Å². The SMILES string of the molecule is CC(C)=C1C=C(Cc2cc(C)cc(C)c2)CC(=C(C)C)C1. The van der Waals surface area contributed by atoms with Crippen molar-refractivity contribution in [1.29, 1.82) is 0 Å². The first-order valence-electron chi connectivity index (χ1n) is 7.93. The van der Waals surface area contributed by atoms with Gasteiger partial charge in [-0.3, -0.25) is 0 Å². The fourth-order valence-electron chi connectivity index (χ4n) is 3.14. The molecule has 0 unspecified atom stereocenters. The molecule has 0 amide bonds. The van der Waals surface area contributed by atoms with Gasteiger partial charge >= 0.3 is 0 Å². The molecule has 0 atom stereocenters. The van der Waals surface area contributed by atoms with Crippen molar-refractivity contribution >= 4 is 0 Å². The van der Waals surface area contributed by atoms with Crippen molar-refractivity contribution in [3.63, 3.8) is 0 Å². The van der Waals surface area contributed by atoms with E-state index >= 15 is 0 Å². The summed E-state index contributed by atoms with van der Waals surface area (Å²) in [5, 5.41) is 0. The minimum absolute atomic E-state index is 1.08. The van der Waals surface area contributed by atoms with Crippen molar-refractivity contribution in [1.82, 2.24) is 0 Å². The van der Waals surface area contributed by atoms with E-state index in [1.54, 1.807) is 11.1 Å². The standard InChI is InChI=1S/C21H28/c1-14(2)20-11-19(12-21(13-20)15(3)4)10-18-8-16(5)7-17(6)9-18/h7-9,11H,10,12-13H2,1-6H3. The first-order chi connectivity index (χ1) is 9.85. The molecule has 0 nitrogen and oxygen atoms in total. The lowest BCUT2D eigenvalue weighted by Gasteiger charge is -2.22.